The Morgan fingerprint density at radius 2 is 1.87 bits per heavy atom. The van der Waals surface area contributed by atoms with E-state index in [1.54, 1.807) is 43.3 Å². The zero-order chi connectivity index (χ0) is 26.8. The van der Waals surface area contributed by atoms with Gasteiger partial charge >= 0.3 is 6.01 Å². The highest BCUT2D eigenvalue weighted by atomic mass is 19.1. The van der Waals surface area contributed by atoms with Gasteiger partial charge in [0.15, 0.2) is 17.4 Å². The highest BCUT2D eigenvalue weighted by Crippen LogP contribution is 2.46. The molecule has 0 aliphatic heterocycles. The van der Waals surface area contributed by atoms with Crippen molar-refractivity contribution in [1.82, 2.24) is 24.6 Å². The number of nitrogens with zero attached hydrogens (tertiary/aromatic N) is 5. The van der Waals surface area contributed by atoms with E-state index in [-0.39, 0.29) is 23.5 Å². The number of ether oxygens (including phenoxy) is 2. The van der Waals surface area contributed by atoms with Crippen LogP contribution in [0.25, 0.3) is 27.8 Å². The SMILES string of the molecule is C=CC(=O)Nc1ccc(-c2c(-c3ccc(Oc4nccc(C)n4)c(F)c3)c3c(N)ncnn3c2OC)cc1. The maximum Gasteiger partial charge on any atom is 0.322 e. The fraction of sp³-hybridized carbons (Fsp3) is 0.0741. The number of carbonyl (C=O) groups excluding carboxylic acids is 1. The lowest BCUT2D eigenvalue weighted by Gasteiger charge is -2.11. The first-order valence-electron chi connectivity index (χ1n) is 11.4. The van der Waals surface area contributed by atoms with Crippen molar-refractivity contribution in [3.05, 3.63) is 85.2 Å². The molecule has 11 heteroatoms. The number of nitrogens with one attached hydrogen (secondary N) is 1. The molecular formula is C27H22FN7O3. The van der Waals surface area contributed by atoms with E-state index in [1.165, 1.54) is 42.4 Å². The van der Waals surface area contributed by atoms with Gasteiger partial charge in [-0.2, -0.15) is 9.61 Å². The lowest BCUT2D eigenvalue weighted by atomic mass is 9.96. The molecule has 0 atom stereocenters. The van der Waals surface area contributed by atoms with Crippen LogP contribution in [-0.2, 0) is 4.79 Å². The summed E-state index contributed by atoms with van der Waals surface area (Å²) in [5.41, 5.74) is 10.3. The molecule has 3 aromatic heterocycles. The molecule has 1 amide bonds. The van der Waals surface area contributed by atoms with Gasteiger partial charge in [-0.3, -0.25) is 4.79 Å². The van der Waals surface area contributed by atoms with Crippen LogP contribution >= 0.6 is 0 Å². The minimum absolute atomic E-state index is 0.0367. The molecule has 38 heavy (non-hydrogen) atoms. The summed E-state index contributed by atoms with van der Waals surface area (Å²) < 4.78 is 28.1. The molecule has 0 spiro atoms. The molecule has 190 valence electrons. The van der Waals surface area contributed by atoms with Crippen LogP contribution in [0.1, 0.15) is 5.69 Å². The Morgan fingerprint density at radius 3 is 2.55 bits per heavy atom. The molecule has 2 aromatic carbocycles. The van der Waals surface area contributed by atoms with Crippen molar-refractivity contribution in [2.75, 3.05) is 18.2 Å². The summed E-state index contributed by atoms with van der Waals surface area (Å²) in [6.45, 7) is 5.25. The number of hydrogen-bond acceptors (Lipinski definition) is 8. The van der Waals surface area contributed by atoms with E-state index in [0.29, 0.717) is 45.0 Å². The molecule has 3 N–H and O–H groups in total. The minimum atomic E-state index is -0.630. The van der Waals surface area contributed by atoms with Gasteiger partial charge in [0.25, 0.3) is 0 Å². The van der Waals surface area contributed by atoms with Gasteiger partial charge in [0.05, 0.1) is 12.7 Å². The van der Waals surface area contributed by atoms with E-state index in [1.807, 2.05) is 0 Å². The number of aryl methyl sites for hydroxylation is 1. The fourth-order valence-electron chi connectivity index (χ4n) is 4.05. The summed E-state index contributed by atoms with van der Waals surface area (Å²) in [5.74, 6) is -0.440. The highest BCUT2D eigenvalue weighted by molar-refractivity contribution is 6.02. The Hall–Kier alpha value is -5.32. The van der Waals surface area contributed by atoms with Crippen LogP contribution in [0.5, 0.6) is 17.6 Å². The Morgan fingerprint density at radius 1 is 1.11 bits per heavy atom. The fourth-order valence-corrected chi connectivity index (χ4v) is 4.05. The first kappa shape index (κ1) is 24.4. The molecule has 0 bridgehead atoms. The van der Waals surface area contributed by atoms with Gasteiger partial charge in [0, 0.05) is 23.1 Å². The number of rotatable bonds is 7. The van der Waals surface area contributed by atoms with Crippen LogP contribution in [-0.4, -0.2) is 37.6 Å². The van der Waals surface area contributed by atoms with Crippen molar-refractivity contribution >= 4 is 22.9 Å². The third-order valence-electron chi connectivity index (χ3n) is 5.73. The van der Waals surface area contributed by atoms with Crippen LogP contribution in [0, 0.1) is 12.7 Å². The van der Waals surface area contributed by atoms with Gasteiger partial charge in [-0.25, -0.2) is 19.3 Å². The molecule has 5 aromatic rings. The Balaban J connectivity index is 1.66. The first-order valence-corrected chi connectivity index (χ1v) is 11.4. The van der Waals surface area contributed by atoms with Gasteiger partial charge in [-0.05, 0) is 54.5 Å². The summed E-state index contributed by atoms with van der Waals surface area (Å²) in [6, 6.07) is 13.3. The second kappa shape index (κ2) is 9.97. The summed E-state index contributed by atoms with van der Waals surface area (Å²) in [7, 11) is 1.51. The van der Waals surface area contributed by atoms with E-state index >= 15 is 4.39 Å². The number of carbonyl (C=O) groups is 1. The standard InChI is InChI=1S/C27H22FN7O3/c1-4-21(36)34-18-8-5-16(6-9-18)23-22(24-25(29)31-14-32-35(24)26(23)37-3)17-7-10-20(19(28)13-17)38-27-30-12-11-15(2)33-27/h4-14H,1H2,2-3H3,(H,34,36)(H2,29,31,32). The summed E-state index contributed by atoms with van der Waals surface area (Å²) >= 11 is 0. The normalized spacial score (nSPS) is 10.8. The Labute approximate surface area is 216 Å². The van der Waals surface area contributed by atoms with Crippen molar-refractivity contribution < 1.29 is 18.7 Å². The number of nitrogen functional groups attached to an aromatic ring is 1. The molecule has 0 aliphatic rings. The van der Waals surface area contributed by atoms with Crippen LogP contribution < -0.4 is 20.5 Å². The maximum atomic E-state index is 15.3. The smallest absolute Gasteiger partial charge is 0.322 e. The molecule has 5 rings (SSSR count). The number of benzene rings is 2. The third-order valence-corrected chi connectivity index (χ3v) is 5.73. The highest BCUT2D eigenvalue weighted by Gasteiger charge is 2.26. The number of halogens is 1. The van der Waals surface area contributed by atoms with E-state index in [2.05, 4.69) is 31.9 Å². The predicted molar refractivity (Wildman–Crippen MR) is 140 cm³/mol. The number of fused-ring (bicyclic) bond motifs is 1. The summed E-state index contributed by atoms with van der Waals surface area (Å²) in [6.07, 6.45) is 4.03. The van der Waals surface area contributed by atoms with Crippen molar-refractivity contribution in [3.63, 3.8) is 0 Å². The minimum Gasteiger partial charge on any atom is -0.480 e. The topological polar surface area (TPSA) is 130 Å². The second-order valence-corrected chi connectivity index (χ2v) is 8.16. The number of anilines is 2. The lowest BCUT2D eigenvalue weighted by molar-refractivity contribution is -0.111. The van der Waals surface area contributed by atoms with Crippen molar-refractivity contribution in [3.8, 4) is 39.9 Å². The largest absolute Gasteiger partial charge is 0.480 e. The molecule has 0 unspecified atom stereocenters. The van der Waals surface area contributed by atoms with Gasteiger partial charge in [-0.1, -0.05) is 24.8 Å². The molecule has 10 nitrogen and oxygen atoms in total. The lowest BCUT2D eigenvalue weighted by Crippen LogP contribution is -2.06. The first-order chi connectivity index (χ1) is 18.4. The van der Waals surface area contributed by atoms with Crippen LogP contribution in [0.4, 0.5) is 15.9 Å². The molecule has 0 fully saturated rings. The zero-order valence-corrected chi connectivity index (χ0v) is 20.5. The zero-order valence-electron chi connectivity index (χ0n) is 20.5. The summed E-state index contributed by atoms with van der Waals surface area (Å²) in [4.78, 5) is 24.0. The van der Waals surface area contributed by atoms with Crippen molar-refractivity contribution in [2.24, 2.45) is 0 Å². The second-order valence-electron chi connectivity index (χ2n) is 8.16. The number of amides is 1. The van der Waals surface area contributed by atoms with E-state index in [4.69, 9.17) is 15.2 Å². The van der Waals surface area contributed by atoms with Crippen LogP contribution in [0.15, 0.2) is 73.7 Å². The van der Waals surface area contributed by atoms with E-state index < -0.39 is 5.82 Å². The monoisotopic (exact) mass is 511 g/mol. The molecule has 3 heterocycles. The molecule has 0 saturated heterocycles. The predicted octanol–water partition coefficient (Wildman–Crippen LogP) is 4.81. The average molecular weight is 512 g/mol. The van der Waals surface area contributed by atoms with Crippen LogP contribution in [0.2, 0.25) is 0 Å². The molecular weight excluding hydrogens is 489 g/mol. The number of hydrogen-bond donors (Lipinski definition) is 2. The van der Waals surface area contributed by atoms with Crippen molar-refractivity contribution in [2.45, 2.75) is 6.92 Å². The van der Waals surface area contributed by atoms with Crippen molar-refractivity contribution in [1.29, 1.82) is 0 Å². The van der Waals surface area contributed by atoms with Gasteiger partial charge in [-0.15, -0.1) is 0 Å². The maximum absolute atomic E-state index is 15.3. The van der Waals surface area contributed by atoms with Gasteiger partial charge in [0.1, 0.15) is 11.8 Å². The van der Waals surface area contributed by atoms with Gasteiger partial charge in [0.2, 0.25) is 11.8 Å². The number of aromatic nitrogens is 5. The van der Waals surface area contributed by atoms with Gasteiger partial charge < -0.3 is 20.5 Å². The Bertz CT molecular complexity index is 1680. The quantitative estimate of drug-likeness (QED) is 0.298. The molecule has 0 saturated carbocycles. The third kappa shape index (κ3) is 4.48. The number of nitrogens with two attached hydrogens (primary N) is 1. The molecule has 0 aliphatic carbocycles. The summed E-state index contributed by atoms with van der Waals surface area (Å²) in [5, 5.41) is 7.02. The number of methoxy groups -OCH3 is 1. The van der Waals surface area contributed by atoms with E-state index in [0.717, 1.165) is 0 Å². The average Bonchev–Trinajstić information content (AvgIpc) is 3.26. The van der Waals surface area contributed by atoms with E-state index in [9.17, 15) is 4.79 Å². The molecule has 0 radical (unpaired) electrons. The van der Waals surface area contributed by atoms with Crippen LogP contribution in [0.3, 0.4) is 0 Å². The Kier molecular flexibility index (Phi) is 6.40.